The van der Waals surface area contributed by atoms with Gasteiger partial charge in [-0.2, -0.15) is 0 Å². The maximum absolute atomic E-state index is 11.1. The largest absolute Gasteiger partial charge is 0.593 e. The normalized spacial score (nSPS) is 12.4. The Morgan fingerprint density at radius 3 is 2.82 bits per heavy atom. The summed E-state index contributed by atoms with van der Waals surface area (Å²) >= 11 is 4.76. The predicted molar refractivity (Wildman–Crippen MR) is 67.9 cm³/mol. The van der Waals surface area contributed by atoms with E-state index in [0.717, 1.165) is 12.8 Å². The van der Waals surface area contributed by atoms with Crippen LogP contribution < -0.4 is 9.58 Å². The fourth-order valence-electron chi connectivity index (χ4n) is 1.56. The molecule has 0 aliphatic rings. The van der Waals surface area contributed by atoms with Crippen LogP contribution in [0, 0.1) is 11.1 Å². The van der Waals surface area contributed by atoms with E-state index in [1.807, 2.05) is 0 Å². The molecule has 1 atom stereocenters. The van der Waals surface area contributed by atoms with E-state index in [0.29, 0.717) is 23.2 Å². The third-order valence-corrected chi connectivity index (χ3v) is 3.05. The van der Waals surface area contributed by atoms with Crippen molar-refractivity contribution in [1.29, 1.82) is 0 Å². The lowest BCUT2D eigenvalue weighted by atomic mass is 10.0. The lowest BCUT2D eigenvalue weighted by Gasteiger charge is -2.14. The molecule has 1 rings (SSSR count). The molecule has 1 heterocycles. The smallest absolute Gasteiger partial charge is 0.310 e. The minimum atomic E-state index is 0.162. The number of nitrogens with zero attached hydrogens (tertiary/aromatic N) is 2. The molecule has 1 aromatic heterocycles. The predicted octanol–water partition coefficient (Wildman–Crippen LogP) is 2.87. The summed E-state index contributed by atoms with van der Waals surface area (Å²) in [6, 6.07) is 3.18. The molecule has 0 bridgehead atoms. The zero-order valence-corrected chi connectivity index (χ0v) is 11.2. The van der Waals surface area contributed by atoms with Crippen LogP contribution in [0.15, 0.2) is 17.2 Å². The van der Waals surface area contributed by atoms with Crippen molar-refractivity contribution in [3.63, 3.8) is 0 Å². The van der Waals surface area contributed by atoms with E-state index in [4.69, 9.17) is 17.4 Å². The first-order valence-electron chi connectivity index (χ1n) is 6.08. The zero-order chi connectivity index (χ0) is 12.7. The van der Waals surface area contributed by atoms with Crippen molar-refractivity contribution < 1.29 is 9.58 Å². The van der Waals surface area contributed by atoms with Gasteiger partial charge in [-0.05, 0) is 29.8 Å². The van der Waals surface area contributed by atoms with Crippen LogP contribution in [-0.2, 0) is 0 Å². The molecular formula is C12H19N2O2S. The van der Waals surface area contributed by atoms with Gasteiger partial charge in [-0.15, -0.1) is 0 Å². The maximum Gasteiger partial charge on any atom is 0.310 e. The van der Waals surface area contributed by atoms with Gasteiger partial charge >= 0.3 is 5.03 Å². The lowest BCUT2D eigenvalue weighted by Crippen LogP contribution is -2.33. The van der Waals surface area contributed by atoms with Crippen LogP contribution in [0.25, 0.3) is 0 Å². The van der Waals surface area contributed by atoms with Gasteiger partial charge in [0.25, 0.3) is 5.88 Å². The quantitative estimate of drug-likeness (QED) is 0.556. The van der Waals surface area contributed by atoms with Crippen molar-refractivity contribution in [2.24, 2.45) is 5.92 Å². The minimum Gasteiger partial charge on any atom is -0.593 e. The van der Waals surface area contributed by atoms with Crippen LogP contribution in [0.1, 0.15) is 39.5 Å². The van der Waals surface area contributed by atoms with Gasteiger partial charge in [0.15, 0.2) is 0 Å². The summed E-state index contributed by atoms with van der Waals surface area (Å²) in [4.78, 5) is 0.414. The van der Waals surface area contributed by atoms with Crippen LogP contribution >= 0.6 is 12.6 Å². The topological polar surface area (TPSA) is 49.1 Å². The second-order valence-corrected chi connectivity index (χ2v) is 4.53. The molecule has 0 saturated carbocycles. The summed E-state index contributed by atoms with van der Waals surface area (Å²) in [6.45, 7) is 4.94. The summed E-state index contributed by atoms with van der Waals surface area (Å²) in [5.74, 6) is 0.878. The first-order valence-corrected chi connectivity index (χ1v) is 6.48. The van der Waals surface area contributed by atoms with Gasteiger partial charge in [-0.1, -0.05) is 33.1 Å². The second-order valence-electron chi connectivity index (χ2n) is 4.11. The molecule has 17 heavy (non-hydrogen) atoms. The van der Waals surface area contributed by atoms with E-state index in [2.05, 4.69) is 18.9 Å². The Kier molecular flexibility index (Phi) is 5.97. The molecular weight excluding hydrogens is 236 g/mol. The number of rotatable bonds is 7. The number of unbranched alkanes of at least 4 members (excludes halogenated alkanes) is 1. The number of ether oxygens (including phenoxy) is 1. The van der Waals surface area contributed by atoms with Gasteiger partial charge in [0, 0.05) is 12.1 Å². The van der Waals surface area contributed by atoms with Crippen LogP contribution in [0.4, 0.5) is 0 Å². The van der Waals surface area contributed by atoms with E-state index in [-0.39, 0.29) is 5.03 Å². The molecule has 0 aromatic carbocycles. The minimum absolute atomic E-state index is 0.162. The highest BCUT2D eigenvalue weighted by Crippen LogP contribution is 2.14. The zero-order valence-electron chi connectivity index (χ0n) is 10.4. The van der Waals surface area contributed by atoms with Crippen molar-refractivity contribution in [3.8, 4) is 5.88 Å². The standard InChI is InChI=1S/C12H19N2O2S/c1-3-5-6-10(4-2)9-16-11-7-8-12(17)14(15)13-11/h7-8,10H,3-6,9H2,1-2H3. The van der Waals surface area contributed by atoms with Crippen LogP contribution in [0.2, 0.25) is 0 Å². The second kappa shape index (κ2) is 7.27. The fraction of sp³-hybridized carbons (Fsp3) is 0.667. The van der Waals surface area contributed by atoms with E-state index in [1.165, 1.54) is 18.9 Å². The lowest BCUT2D eigenvalue weighted by molar-refractivity contribution is -0.706. The Morgan fingerprint density at radius 2 is 2.24 bits per heavy atom. The molecule has 0 aliphatic carbocycles. The van der Waals surface area contributed by atoms with Crippen LogP contribution in [0.3, 0.4) is 0 Å². The van der Waals surface area contributed by atoms with E-state index >= 15 is 0 Å². The summed E-state index contributed by atoms with van der Waals surface area (Å²) in [5, 5.41) is 15.0. The van der Waals surface area contributed by atoms with Crippen molar-refractivity contribution in [1.82, 2.24) is 5.10 Å². The van der Waals surface area contributed by atoms with Crippen molar-refractivity contribution in [2.45, 2.75) is 44.6 Å². The highest BCUT2D eigenvalue weighted by molar-refractivity contribution is 7.80. The van der Waals surface area contributed by atoms with Crippen molar-refractivity contribution >= 4 is 12.6 Å². The Hall–Kier alpha value is -1.10. The Balaban J connectivity index is 2.45. The van der Waals surface area contributed by atoms with Gasteiger partial charge in [-0.25, -0.2) is 0 Å². The molecule has 0 saturated heterocycles. The molecule has 1 aromatic rings. The van der Waals surface area contributed by atoms with E-state index in [1.54, 1.807) is 6.07 Å². The number of hydrogen-bond acceptors (Lipinski definition) is 3. The SMILES string of the molecule is CCCCC(CC)COc1ccc([S])[n+]([O-])n1. The third-order valence-electron chi connectivity index (χ3n) is 2.76. The number of aromatic nitrogens is 2. The van der Waals surface area contributed by atoms with Gasteiger partial charge < -0.3 is 9.94 Å². The van der Waals surface area contributed by atoms with Crippen LogP contribution in [-0.4, -0.2) is 11.7 Å². The molecule has 4 nitrogen and oxygen atoms in total. The number of hydrogen-bond donors (Lipinski definition) is 0. The average Bonchev–Trinajstić information content (AvgIpc) is 2.34. The van der Waals surface area contributed by atoms with Gasteiger partial charge in [0.2, 0.25) is 0 Å². The summed E-state index contributed by atoms with van der Waals surface area (Å²) in [5.41, 5.74) is 0. The molecule has 5 heteroatoms. The van der Waals surface area contributed by atoms with E-state index in [9.17, 15) is 5.21 Å². The Labute approximate surface area is 108 Å². The van der Waals surface area contributed by atoms with Gasteiger partial charge in [0.1, 0.15) is 0 Å². The Bertz CT molecular complexity index is 347. The maximum atomic E-state index is 11.1. The molecule has 0 spiro atoms. The summed E-state index contributed by atoms with van der Waals surface area (Å²) in [6.07, 6.45) is 4.64. The molecule has 0 N–H and O–H groups in total. The highest BCUT2D eigenvalue weighted by atomic mass is 32.1. The summed E-state index contributed by atoms with van der Waals surface area (Å²) < 4.78 is 5.51. The summed E-state index contributed by atoms with van der Waals surface area (Å²) in [7, 11) is 0. The molecule has 0 amide bonds. The first-order chi connectivity index (χ1) is 8.17. The molecule has 95 valence electrons. The molecule has 0 aliphatic heterocycles. The van der Waals surface area contributed by atoms with E-state index < -0.39 is 0 Å². The molecule has 1 radical (unpaired) electrons. The highest BCUT2D eigenvalue weighted by Gasteiger charge is 2.10. The van der Waals surface area contributed by atoms with Gasteiger partial charge in [0.05, 0.1) is 11.7 Å². The molecule has 0 fully saturated rings. The average molecular weight is 255 g/mol. The first kappa shape index (κ1) is 14.0. The Morgan fingerprint density at radius 1 is 1.47 bits per heavy atom. The van der Waals surface area contributed by atoms with Crippen LogP contribution in [0.5, 0.6) is 5.88 Å². The van der Waals surface area contributed by atoms with Crippen molar-refractivity contribution in [3.05, 3.63) is 17.3 Å². The monoisotopic (exact) mass is 255 g/mol. The van der Waals surface area contributed by atoms with Gasteiger partial charge in [-0.3, -0.25) is 0 Å². The third kappa shape index (κ3) is 4.73. The van der Waals surface area contributed by atoms with Crippen molar-refractivity contribution in [2.75, 3.05) is 6.61 Å². The fourth-order valence-corrected chi connectivity index (χ4v) is 1.67. The molecule has 1 unspecified atom stereocenters.